The predicted octanol–water partition coefficient (Wildman–Crippen LogP) is 2.98. The first-order valence-electron chi connectivity index (χ1n) is 7.81. The van der Waals surface area contributed by atoms with Crippen LogP contribution >= 0.6 is 0 Å². The zero-order valence-electron chi connectivity index (χ0n) is 13.2. The fraction of sp³-hybridized carbons (Fsp3) is 0.588. The molecule has 1 heterocycles. The summed E-state index contributed by atoms with van der Waals surface area (Å²) in [5, 5.41) is 3.54. The molecule has 0 saturated carbocycles. The van der Waals surface area contributed by atoms with Crippen molar-refractivity contribution in [1.82, 2.24) is 10.2 Å². The molecule has 116 valence electrons. The third kappa shape index (κ3) is 3.82. The summed E-state index contributed by atoms with van der Waals surface area (Å²) < 4.78 is 13.6. The molecular weight excluding hydrogens is 267 g/mol. The number of hydrogen-bond acceptors (Lipinski definition) is 2. The highest BCUT2D eigenvalue weighted by molar-refractivity contribution is 5.94. The predicted molar refractivity (Wildman–Crippen MR) is 82.9 cm³/mol. The number of benzene rings is 1. The third-order valence-electron chi connectivity index (χ3n) is 4.27. The van der Waals surface area contributed by atoms with Crippen molar-refractivity contribution in [2.24, 2.45) is 5.92 Å². The summed E-state index contributed by atoms with van der Waals surface area (Å²) in [4.78, 5) is 14.3. The van der Waals surface area contributed by atoms with E-state index in [0.29, 0.717) is 23.1 Å². The van der Waals surface area contributed by atoms with E-state index in [0.717, 1.165) is 32.5 Å². The Morgan fingerprint density at radius 1 is 1.48 bits per heavy atom. The van der Waals surface area contributed by atoms with Crippen LogP contribution in [-0.2, 0) is 0 Å². The molecule has 0 aliphatic carbocycles. The van der Waals surface area contributed by atoms with E-state index in [2.05, 4.69) is 19.2 Å². The third-order valence-corrected chi connectivity index (χ3v) is 4.27. The van der Waals surface area contributed by atoms with Crippen molar-refractivity contribution in [2.45, 2.75) is 39.7 Å². The molecule has 2 unspecified atom stereocenters. The van der Waals surface area contributed by atoms with Crippen LogP contribution in [0.25, 0.3) is 0 Å². The van der Waals surface area contributed by atoms with Gasteiger partial charge in [-0.1, -0.05) is 19.9 Å². The minimum absolute atomic E-state index is 0.0605. The van der Waals surface area contributed by atoms with Crippen LogP contribution < -0.4 is 5.32 Å². The van der Waals surface area contributed by atoms with E-state index in [1.165, 1.54) is 6.07 Å². The lowest BCUT2D eigenvalue weighted by atomic mass is 9.93. The maximum atomic E-state index is 13.6. The van der Waals surface area contributed by atoms with Crippen molar-refractivity contribution >= 4 is 5.91 Å². The number of nitrogens with one attached hydrogen (secondary N) is 1. The maximum Gasteiger partial charge on any atom is 0.253 e. The van der Waals surface area contributed by atoms with E-state index in [9.17, 15) is 9.18 Å². The van der Waals surface area contributed by atoms with Gasteiger partial charge in [0.15, 0.2) is 0 Å². The first kappa shape index (κ1) is 16.0. The molecule has 1 fully saturated rings. The van der Waals surface area contributed by atoms with E-state index in [-0.39, 0.29) is 11.7 Å². The van der Waals surface area contributed by atoms with Crippen LogP contribution in [0.4, 0.5) is 4.39 Å². The van der Waals surface area contributed by atoms with Crippen LogP contribution in [0.15, 0.2) is 18.2 Å². The van der Waals surface area contributed by atoms with Crippen LogP contribution in [0.3, 0.4) is 0 Å². The van der Waals surface area contributed by atoms with Gasteiger partial charge in [0.05, 0.1) is 0 Å². The molecule has 0 spiro atoms. The topological polar surface area (TPSA) is 32.3 Å². The normalized spacial score (nSPS) is 22.4. The number of carbonyl (C=O) groups excluding carboxylic acids is 1. The number of halogens is 1. The van der Waals surface area contributed by atoms with Crippen molar-refractivity contribution in [3.8, 4) is 0 Å². The van der Waals surface area contributed by atoms with Gasteiger partial charge in [0.1, 0.15) is 5.82 Å². The molecule has 1 aromatic carbocycles. The Morgan fingerprint density at radius 2 is 2.24 bits per heavy atom. The molecule has 3 nitrogen and oxygen atoms in total. The lowest BCUT2D eigenvalue weighted by molar-refractivity contribution is 0.0644. The van der Waals surface area contributed by atoms with Crippen LogP contribution in [-0.4, -0.2) is 36.5 Å². The molecule has 2 atom stereocenters. The zero-order valence-corrected chi connectivity index (χ0v) is 13.2. The first-order chi connectivity index (χ1) is 10.0. The molecule has 4 heteroatoms. The molecule has 2 rings (SSSR count). The monoisotopic (exact) mass is 292 g/mol. The second kappa shape index (κ2) is 7.03. The number of piperidine rings is 1. The molecule has 0 bridgehead atoms. The number of carbonyl (C=O) groups is 1. The highest BCUT2D eigenvalue weighted by atomic mass is 19.1. The molecular formula is C17H25FN2O. The lowest BCUT2D eigenvalue weighted by Gasteiger charge is -2.37. The van der Waals surface area contributed by atoms with Crippen LogP contribution in [0.5, 0.6) is 0 Å². The van der Waals surface area contributed by atoms with E-state index in [4.69, 9.17) is 0 Å². The Morgan fingerprint density at radius 3 is 2.86 bits per heavy atom. The van der Waals surface area contributed by atoms with Crippen molar-refractivity contribution in [1.29, 1.82) is 0 Å². The van der Waals surface area contributed by atoms with Crippen molar-refractivity contribution in [3.05, 3.63) is 35.1 Å². The summed E-state index contributed by atoms with van der Waals surface area (Å²) in [5.41, 5.74) is 1.02. The largest absolute Gasteiger partial charge is 0.338 e. The molecule has 1 saturated heterocycles. The van der Waals surface area contributed by atoms with Crippen molar-refractivity contribution in [3.63, 3.8) is 0 Å². The second-order valence-corrected chi connectivity index (χ2v) is 6.04. The molecule has 0 aromatic heterocycles. The Bertz CT molecular complexity index is 504. The molecule has 21 heavy (non-hydrogen) atoms. The van der Waals surface area contributed by atoms with Gasteiger partial charge in [-0.05, 0) is 49.9 Å². The van der Waals surface area contributed by atoms with Gasteiger partial charge < -0.3 is 10.2 Å². The van der Waals surface area contributed by atoms with Gasteiger partial charge in [0.2, 0.25) is 0 Å². The minimum Gasteiger partial charge on any atom is -0.338 e. The van der Waals surface area contributed by atoms with Gasteiger partial charge in [-0.2, -0.15) is 0 Å². The summed E-state index contributed by atoms with van der Waals surface area (Å²) >= 11 is 0. The molecule has 1 aliphatic rings. The number of amides is 1. The van der Waals surface area contributed by atoms with E-state index < -0.39 is 0 Å². The average Bonchev–Trinajstić information content (AvgIpc) is 2.48. The van der Waals surface area contributed by atoms with E-state index in [1.54, 1.807) is 19.1 Å². The van der Waals surface area contributed by atoms with Crippen LogP contribution in [0.2, 0.25) is 0 Å². The number of aryl methyl sites for hydroxylation is 1. The fourth-order valence-electron chi connectivity index (χ4n) is 2.87. The highest BCUT2D eigenvalue weighted by Gasteiger charge is 2.28. The van der Waals surface area contributed by atoms with Gasteiger partial charge in [-0.3, -0.25) is 4.79 Å². The lowest BCUT2D eigenvalue weighted by Crippen LogP contribution is -2.50. The van der Waals surface area contributed by atoms with Gasteiger partial charge in [-0.15, -0.1) is 0 Å². The number of hydrogen-bond donors (Lipinski definition) is 1. The number of nitrogens with zero attached hydrogens (tertiary/aromatic N) is 1. The molecule has 1 N–H and O–H groups in total. The minimum atomic E-state index is -0.312. The summed E-state index contributed by atoms with van der Waals surface area (Å²) in [6, 6.07) is 5.21. The zero-order chi connectivity index (χ0) is 15.4. The van der Waals surface area contributed by atoms with E-state index in [1.807, 2.05) is 4.90 Å². The van der Waals surface area contributed by atoms with Crippen LogP contribution in [0.1, 0.15) is 42.6 Å². The molecule has 1 aromatic rings. The summed E-state index contributed by atoms with van der Waals surface area (Å²) in [6.45, 7) is 8.52. The standard InChI is InChI=1S/C17H25FN2O/c1-4-8-19-16-7-9-20(11-13(16)3)17(21)14-6-5-12(2)15(18)10-14/h5-6,10,13,16,19H,4,7-9,11H2,1-3H3. The Kier molecular flexibility index (Phi) is 5.34. The Balaban J connectivity index is 2.00. The van der Waals surface area contributed by atoms with Gasteiger partial charge >= 0.3 is 0 Å². The number of likely N-dealkylation sites (tertiary alicyclic amines) is 1. The highest BCUT2D eigenvalue weighted by Crippen LogP contribution is 2.20. The van der Waals surface area contributed by atoms with Crippen molar-refractivity contribution in [2.75, 3.05) is 19.6 Å². The summed E-state index contributed by atoms with van der Waals surface area (Å²) in [6.07, 6.45) is 2.08. The first-order valence-corrected chi connectivity index (χ1v) is 7.81. The Hall–Kier alpha value is -1.42. The Labute approximate surface area is 126 Å². The molecule has 1 aliphatic heterocycles. The van der Waals surface area contributed by atoms with Gasteiger partial charge in [-0.25, -0.2) is 4.39 Å². The summed E-state index contributed by atoms with van der Waals surface area (Å²) in [7, 11) is 0. The molecule has 1 amide bonds. The molecule has 0 radical (unpaired) electrons. The van der Waals surface area contributed by atoms with Gasteiger partial charge in [0.25, 0.3) is 5.91 Å². The fourth-order valence-corrected chi connectivity index (χ4v) is 2.87. The van der Waals surface area contributed by atoms with E-state index >= 15 is 0 Å². The summed E-state index contributed by atoms with van der Waals surface area (Å²) in [5.74, 6) is 0.0487. The average molecular weight is 292 g/mol. The maximum absolute atomic E-state index is 13.6. The SMILES string of the molecule is CCCNC1CCN(C(=O)c2ccc(C)c(F)c2)CC1C. The quantitative estimate of drug-likeness (QED) is 0.925. The van der Waals surface area contributed by atoms with Crippen LogP contribution in [0, 0.1) is 18.7 Å². The van der Waals surface area contributed by atoms with Gasteiger partial charge in [0, 0.05) is 24.7 Å². The number of rotatable bonds is 4. The van der Waals surface area contributed by atoms with Crippen molar-refractivity contribution < 1.29 is 9.18 Å². The smallest absolute Gasteiger partial charge is 0.253 e. The second-order valence-electron chi connectivity index (χ2n) is 6.04.